The molecule has 3 heterocycles. The average Bonchev–Trinajstić information content (AvgIpc) is 2.76. The Balaban J connectivity index is 1.84. The fourth-order valence-electron chi connectivity index (χ4n) is 3.58. The first-order valence-corrected chi connectivity index (χ1v) is 8.87. The number of hydrogen-bond donors (Lipinski definition) is 2. The highest BCUT2D eigenvalue weighted by Crippen LogP contribution is 2.48. The highest BCUT2D eigenvalue weighted by Gasteiger charge is 2.59. The molecular formula is C17H21N2O4S+. The smallest absolute Gasteiger partial charge is 0.352 e. The Morgan fingerprint density at radius 1 is 1.42 bits per heavy atom. The molecule has 4 atom stereocenters. The second kappa shape index (κ2) is 6.22. The normalized spacial score (nSPS) is 27.1. The number of aromatic nitrogens is 1. The molecule has 0 bridgehead atoms. The number of fused-ring (bicyclic) bond motifs is 1. The van der Waals surface area contributed by atoms with Gasteiger partial charge in [-0.1, -0.05) is 6.92 Å². The quantitative estimate of drug-likeness (QED) is 0.467. The third-order valence-corrected chi connectivity index (χ3v) is 5.92. The first-order valence-electron chi connectivity index (χ1n) is 7.88. The maximum Gasteiger partial charge on any atom is 0.352 e. The van der Waals surface area contributed by atoms with E-state index >= 15 is 0 Å². The van der Waals surface area contributed by atoms with Crippen molar-refractivity contribution in [2.75, 3.05) is 5.75 Å². The molecule has 0 spiro atoms. The second-order valence-corrected chi connectivity index (χ2v) is 7.47. The Morgan fingerprint density at radius 2 is 2.04 bits per heavy atom. The summed E-state index contributed by atoms with van der Waals surface area (Å²) in [5.74, 6) is -1.42. The van der Waals surface area contributed by atoms with E-state index in [0.29, 0.717) is 5.75 Å². The maximum absolute atomic E-state index is 12.3. The van der Waals surface area contributed by atoms with Gasteiger partial charge in [0.1, 0.15) is 12.7 Å². The summed E-state index contributed by atoms with van der Waals surface area (Å²) in [6.45, 7) is 3.53. The monoisotopic (exact) mass is 349 g/mol. The summed E-state index contributed by atoms with van der Waals surface area (Å²) in [6, 6.07) is 3.71. The summed E-state index contributed by atoms with van der Waals surface area (Å²) in [5, 5.41) is 19.4. The van der Waals surface area contributed by atoms with Crippen molar-refractivity contribution in [3.8, 4) is 0 Å². The van der Waals surface area contributed by atoms with Crippen molar-refractivity contribution in [2.45, 2.75) is 30.9 Å². The lowest BCUT2D eigenvalue weighted by atomic mass is 9.78. The van der Waals surface area contributed by atoms with Gasteiger partial charge in [0.2, 0.25) is 5.91 Å². The van der Waals surface area contributed by atoms with Crippen LogP contribution >= 0.6 is 11.8 Å². The molecule has 1 amide bonds. The van der Waals surface area contributed by atoms with E-state index in [4.69, 9.17) is 0 Å². The fourth-order valence-corrected chi connectivity index (χ4v) is 4.61. The van der Waals surface area contributed by atoms with E-state index in [1.54, 1.807) is 18.7 Å². The molecule has 0 aromatic carbocycles. The van der Waals surface area contributed by atoms with Gasteiger partial charge < -0.3 is 15.1 Å². The van der Waals surface area contributed by atoms with E-state index in [1.807, 2.05) is 43.1 Å². The number of nitrogens with zero attached hydrogens (tertiary/aromatic N) is 2. The number of amides is 1. The molecule has 3 rings (SSSR count). The molecule has 0 radical (unpaired) electrons. The first-order chi connectivity index (χ1) is 11.3. The van der Waals surface area contributed by atoms with Gasteiger partial charge in [0.25, 0.3) is 0 Å². The van der Waals surface area contributed by atoms with Gasteiger partial charge in [-0.05, 0) is 12.5 Å². The Labute approximate surface area is 144 Å². The van der Waals surface area contributed by atoms with E-state index in [9.17, 15) is 19.8 Å². The molecule has 6 nitrogen and oxygen atoms in total. The molecule has 1 saturated heterocycles. The number of carboxylic acids is 1. The van der Waals surface area contributed by atoms with Crippen molar-refractivity contribution >= 4 is 23.6 Å². The van der Waals surface area contributed by atoms with Crippen molar-refractivity contribution in [3.05, 3.63) is 35.8 Å². The highest BCUT2D eigenvalue weighted by atomic mass is 32.2. The summed E-state index contributed by atoms with van der Waals surface area (Å²) in [6.07, 6.45) is 3.11. The SMILES string of the molecule is C[C@@H](O)[C@H]1C(=O)N2C(C(=O)O)=C(CSc3cc[n+](C)cc3)[C@H](C)[C@H]12. The number of β-lactam (4-membered cyclic amide) rings is 1. The molecule has 1 fully saturated rings. The molecule has 0 saturated carbocycles. The van der Waals surface area contributed by atoms with Gasteiger partial charge in [-0.25, -0.2) is 9.36 Å². The molecule has 1 aromatic heterocycles. The molecule has 7 heteroatoms. The number of thioether (sulfide) groups is 1. The molecule has 0 unspecified atom stereocenters. The van der Waals surface area contributed by atoms with E-state index < -0.39 is 18.0 Å². The number of carboxylic acid groups (broad SMARTS) is 1. The van der Waals surface area contributed by atoms with E-state index in [2.05, 4.69) is 0 Å². The number of pyridine rings is 1. The summed E-state index contributed by atoms with van der Waals surface area (Å²) >= 11 is 1.56. The molecule has 1 aromatic rings. The standard InChI is InChI=1S/C17H20N2O4S/c1-9-12(8-24-11-4-6-18(3)7-5-11)15(17(22)23)19-14(9)13(10(2)20)16(19)21/h4-7,9-10,13-14,20H,8H2,1-3H3/p+1/t9-,10+,13+,14+/m0/s1. The van der Waals surface area contributed by atoms with Gasteiger partial charge in [0.15, 0.2) is 12.4 Å². The lowest BCUT2D eigenvalue weighted by molar-refractivity contribution is -0.671. The predicted octanol–water partition coefficient (Wildman–Crippen LogP) is 0.799. The molecular weight excluding hydrogens is 328 g/mol. The van der Waals surface area contributed by atoms with Gasteiger partial charge in [-0.2, -0.15) is 0 Å². The summed E-state index contributed by atoms with van der Waals surface area (Å²) < 4.78 is 1.93. The van der Waals surface area contributed by atoms with Gasteiger partial charge in [-0.3, -0.25) is 4.79 Å². The lowest BCUT2D eigenvalue weighted by Gasteiger charge is -2.46. The molecule has 0 aliphatic carbocycles. The predicted molar refractivity (Wildman–Crippen MR) is 88.0 cm³/mol. The minimum Gasteiger partial charge on any atom is -0.477 e. The van der Waals surface area contributed by atoms with Crippen LogP contribution < -0.4 is 4.57 Å². The van der Waals surface area contributed by atoms with Gasteiger partial charge >= 0.3 is 5.97 Å². The second-order valence-electron chi connectivity index (χ2n) is 6.42. The zero-order valence-corrected chi connectivity index (χ0v) is 14.7. The number of hydrogen-bond acceptors (Lipinski definition) is 4. The number of aliphatic hydroxyl groups is 1. The lowest BCUT2D eigenvalue weighted by Crippen LogP contribution is -2.63. The zero-order chi connectivity index (χ0) is 17.6. The number of aliphatic carboxylic acids is 1. The number of aryl methyl sites for hydroxylation is 1. The number of rotatable bonds is 5. The van der Waals surface area contributed by atoms with Gasteiger partial charge in [0.05, 0.1) is 18.1 Å². The van der Waals surface area contributed by atoms with Crippen LogP contribution in [0.4, 0.5) is 0 Å². The topological polar surface area (TPSA) is 81.7 Å². The van der Waals surface area contributed by atoms with Crippen LogP contribution in [0.5, 0.6) is 0 Å². The van der Waals surface area contributed by atoms with Crippen LogP contribution in [-0.4, -0.2) is 44.9 Å². The van der Waals surface area contributed by atoms with E-state index in [-0.39, 0.29) is 23.6 Å². The molecule has 2 aliphatic rings. The summed E-state index contributed by atoms with van der Waals surface area (Å²) in [4.78, 5) is 26.4. The Hall–Kier alpha value is -1.86. The Morgan fingerprint density at radius 3 is 2.58 bits per heavy atom. The first kappa shape index (κ1) is 17.0. The van der Waals surface area contributed by atoms with Crippen molar-refractivity contribution in [1.29, 1.82) is 0 Å². The molecule has 2 aliphatic heterocycles. The number of aliphatic hydroxyl groups excluding tert-OH is 1. The van der Waals surface area contributed by atoms with Crippen LogP contribution in [0.15, 0.2) is 40.7 Å². The van der Waals surface area contributed by atoms with Crippen LogP contribution in [0.2, 0.25) is 0 Å². The zero-order valence-electron chi connectivity index (χ0n) is 13.8. The summed E-state index contributed by atoms with van der Waals surface area (Å²) in [7, 11) is 1.94. The van der Waals surface area contributed by atoms with Gasteiger partial charge in [-0.15, -0.1) is 11.8 Å². The highest BCUT2D eigenvalue weighted by molar-refractivity contribution is 7.99. The van der Waals surface area contributed by atoms with Crippen LogP contribution in [0.25, 0.3) is 0 Å². The molecule has 128 valence electrons. The average molecular weight is 349 g/mol. The molecule has 24 heavy (non-hydrogen) atoms. The van der Waals surface area contributed by atoms with E-state index in [1.165, 1.54) is 4.90 Å². The minimum atomic E-state index is -1.07. The maximum atomic E-state index is 12.3. The largest absolute Gasteiger partial charge is 0.477 e. The van der Waals surface area contributed by atoms with Crippen LogP contribution in [0.1, 0.15) is 13.8 Å². The minimum absolute atomic E-state index is 0.0688. The fraction of sp³-hybridized carbons (Fsp3) is 0.471. The van der Waals surface area contributed by atoms with Gasteiger partial charge in [0, 0.05) is 28.7 Å². The Bertz CT molecular complexity index is 714. The van der Waals surface area contributed by atoms with E-state index in [0.717, 1.165) is 10.5 Å². The van der Waals surface area contributed by atoms with Crippen LogP contribution in [0.3, 0.4) is 0 Å². The van der Waals surface area contributed by atoms with Crippen LogP contribution in [0, 0.1) is 11.8 Å². The van der Waals surface area contributed by atoms with Crippen molar-refractivity contribution < 1.29 is 24.4 Å². The van der Waals surface area contributed by atoms with Crippen molar-refractivity contribution in [1.82, 2.24) is 4.90 Å². The van der Waals surface area contributed by atoms with Crippen molar-refractivity contribution in [2.24, 2.45) is 18.9 Å². The molecule has 2 N–H and O–H groups in total. The van der Waals surface area contributed by atoms with Crippen molar-refractivity contribution in [3.63, 3.8) is 0 Å². The van der Waals surface area contributed by atoms with Crippen LogP contribution in [-0.2, 0) is 16.6 Å². The third-order valence-electron chi connectivity index (χ3n) is 4.86. The number of carbonyl (C=O) groups is 2. The Kier molecular flexibility index (Phi) is 4.40. The summed E-state index contributed by atoms with van der Waals surface area (Å²) in [5.41, 5.74) is 0.866. The third kappa shape index (κ3) is 2.61. The number of carbonyl (C=O) groups excluding carboxylic acids is 1.